The van der Waals surface area contributed by atoms with Gasteiger partial charge in [0.1, 0.15) is 0 Å². The number of carbonyl (C=O) groups is 1. The Morgan fingerprint density at radius 3 is 3.07 bits per heavy atom. The maximum Gasteiger partial charge on any atom is 0.181 e. The summed E-state index contributed by atoms with van der Waals surface area (Å²) in [5.74, 6) is -0.0696. The fourth-order valence-corrected chi connectivity index (χ4v) is 1.55. The van der Waals surface area contributed by atoms with Gasteiger partial charge < -0.3 is 10.5 Å². The molecule has 0 fully saturated rings. The minimum Gasteiger partial charge on any atom is -0.372 e. The molecule has 2 rings (SSSR count). The van der Waals surface area contributed by atoms with Crippen LogP contribution in [0.25, 0.3) is 0 Å². The summed E-state index contributed by atoms with van der Waals surface area (Å²) < 4.78 is 5.25. The molecule has 2 N–H and O–H groups in total. The normalized spacial score (nSPS) is 16.4. The highest BCUT2D eigenvalue weighted by molar-refractivity contribution is 6.01. The van der Waals surface area contributed by atoms with Crippen LogP contribution >= 0.6 is 0 Å². The van der Waals surface area contributed by atoms with Gasteiger partial charge in [-0.25, -0.2) is 0 Å². The summed E-state index contributed by atoms with van der Waals surface area (Å²) in [5.41, 5.74) is 8.09. The standard InChI is InChI=1S/C10H12N2O2/c1-6(11)10(13)8-3-12-2-7-4-14-5-9(7)8/h2-3,6H,4-5,11H2,1H3. The zero-order valence-corrected chi connectivity index (χ0v) is 7.99. The summed E-state index contributed by atoms with van der Waals surface area (Å²) in [7, 11) is 0. The first-order valence-electron chi connectivity index (χ1n) is 4.53. The predicted octanol–water partition coefficient (Wildman–Crippen LogP) is 0.642. The van der Waals surface area contributed by atoms with Gasteiger partial charge in [0.2, 0.25) is 0 Å². The van der Waals surface area contributed by atoms with Gasteiger partial charge in [0.25, 0.3) is 0 Å². The van der Waals surface area contributed by atoms with E-state index in [1.54, 1.807) is 19.3 Å². The van der Waals surface area contributed by atoms with Gasteiger partial charge in [-0.3, -0.25) is 9.78 Å². The number of Topliss-reactive ketones (excluding diaryl/α,β-unsaturated/α-hetero) is 1. The van der Waals surface area contributed by atoms with Crippen LogP contribution in [-0.2, 0) is 18.0 Å². The van der Waals surface area contributed by atoms with E-state index in [4.69, 9.17) is 10.5 Å². The first-order chi connectivity index (χ1) is 6.70. The van der Waals surface area contributed by atoms with Gasteiger partial charge in [0, 0.05) is 23.5 Å². The number of pyridine rings is 1. The smallest absolute Gasteiger partial charge is 0.181 e. The molecule has 74 valence electrons. The lowest BCUT2D eigenvalue weighted by Gasteiger charge is -2.07. The van der Waals surface area contributed by atoms with Crippen molar-refractivity contribution in [3.63, 3.8) is 0 Å². The number of hydrogen-bond acceptors (Lipinski definition) is 4. The average molecular weight is 192 g/mol. The molecule has 1 aromatic heterocycles. The molecule has 4 heteroatoms. The van der Waals surface area contributed by atoms with E-state index in [2.05, 4.69) is 4.98 Å². The van der Waals surface area contributed by atoms with Crippen molar-refractivity contribution >= 4 is 5.78 Å². The minimum absolute atomic E-state index is 0.0696. The van der Waals surface area contributed by atoms with E-state index in [0.717, 1.165) is 11.1 Å². The van der Waals surface area contributed by atoms with Crippen LogP contribution in [0, 0.1) is 0 Å². The number of carbonyl (C=O) groups excluding carboxylic acids is 1. The first kappa shape index (κ1) is 9.30. The van der Waals surface area contributed by atoms with E-state index in [9.17, 15) is 4.79 Å². The molecule has 0 saturated carbocycles. The van der Waals surface area contributed by atoms with E-state index in [1.807, 2.05) is 0 Å². The number of nitrogens with two attached hydrogens (primary N) is 1. The molecule has 0 aromatic carbocycles. The van der Waals surface area contributed by atoms with Gasteiger partial charge in [-0.2, -0.15) is 0 Å². The summed E-state index contributed by atoms with van der Waals surface area (Å²) in [5, 5.41) is 0. The molecule has 14 heavy (non-hydrogen) atoms. The molecule has 1 atom stereocenters. The third kappa shape index (κ3) is 1.42. The number of fused-ring (bicyclic) bond motifs is 1. The van der Waals surface area contributed by atoms with Crippen molar-refractivity contribution in [3.8, 4) is 0 Å². The zero-order chi connectivity index (χ0) is 10.1. The van der Waals surface area contributed by atoms with E-state index >= 15 is 0 Å². The highest BCUT2D eigenvalue weighted by Crippen LogP contribution is 2.22. The lowest BCUT2D eigenvalue weighted by molar-refractivity contribution is 0.0962. The van der Waals surface area contributed by atoms with Gasteiger partial charge in [-0.15, -0.1) is 0 Å². The Balaban J connectivity index is 2.44. The molecule has 0 spiro atoms. The van der Waals surface area contributed by atoms with Crippen molar-refractivity contribution < 1.29 is 9.53 Å². The fourth-order valence-electron chi connectivity index (χ4n) is 1.55. The van der Waals surface area contributed by atoms with Crippen molar-refractivity contribution in [2.24, 2.45) is 5.73 Å². The molecular weight excluding hydrogens is 180 g/mol. The van der Waals surface area contributed by atoms with Crippen LogP contribution in [0.5, 0.6) is 0 Å². The van der Waals surface area contributed by atoms with Crippen molar-refractivity contribution in [2.45, 2.75) is 26.2 Å². The lowest BCUT2D eigenvalue weighted by atomic mass is 10.0. The predicted molar refractivity (Wildman–Crippen MR) is 50.7 cm³/mol. The van der Waals surface area contributed by atoms with Crippen molar-refractivity contribution in [3.05, 3.63) is 29.1 Å². The number of aromatic nitrogens is 1. The van der Waals surface area contributed by atoms with Gasteiger partial charge in [-0.05, 0) is 12.5 Å². The Labute approximate surface area is 82.1 Å². The van der Waals surface area contributed by atoms with Gasteiger partial charge in [0.15, 0.2) is 5.78 Å². The molecule has 1 unspecified atom stereocenters. The van der Waals surface area contributed by atoms with Crippen molar-refractivity contribution in [2.75, 3.05) is 0 Å². The van der Waals surface area contributed by atoms with Crippen LogP contribution in [-0.4, -0.2) is 16.8 Å². The van der Waals surface area contributed by atoms with E-state index < -0.39 is 6.04 Å². The van der Waals surface area contributed by atoms with E-state index in [0.29, 0.717) is 18.8 Å². The van der Waals surface area contributed by atoms with Gasteiger partial charge in [-0.1, -0.05) is 0 Å². The molecule has 1 aromatic rings. The SMILES string of the molecule is CC(N)C(=O)c1cncc2c1COC2. The fraction of sp³-hybridized carbons (Fsp3) is 0.400. The molecule has 4 nitrogen and oxygen atoms in total. The third-order valence-electron chi connectivity index (χ3n) is 2.33. The third-order valence-corrected chi connectivity index (χ3v) is 2.33. The lowest BCUT2D eigenvalue weighted by Crippen LogP contribution is -2.27. The largest absolute Gasteiger partial charge is 0.372 e. The maximum absolute atomic E-state index is 11.7. The second-order valence-electron chi connectivity index (χ2n) is 3.47. The second-order valence-corrected chi connectivity index (χ2v) is 3.47. The molecule has 0 saturated heterocycles. The number of ketones is 1. The maximum atomic E-state index is 11.7. The van der Waals surface area contributed by atoms with Crippen LogP contribution in [0.3, 0.4) is 0 Å². The average Bonchev–Trinajstić information content (AvgIpc) is 2.63. The number of nitrogens with zero attached hydrogens (tertiary/aromatic N) is 1. The summed E-state index contributed by atoms with van der Waals surface area (Å²) in [4.78, 5) is 15.7. The van der Waals surface area contributed by atoms with Crippen LogP contribution in [0.4, 0.5) is 0 Å². The van der Waals surface area contributed by atoms with Crippen molar-refractivity contribution in [1.82, 2.24) is 4.98 Å². The van der Waals surface area contributed by atoms with Gasteiger partial charge >= 0.3 is 0 Å². The topological polar surface area (TPSA) is 65.2 Å². The summed E-state index contributed by atoms with van der Waals surface area (Å²) in [6.07, 6.45) is 3.31. The highest BCUT2D eigenvalue weighted by atomic mass is 16.5. The molecular formula is C10H12N2O2. The van der Waals surface area contributed by atoms with Gasteiger partial charge in [0.05, 0.1) is 19.3 Å². The van der Waals surface area contributed by atoms with Crippen molar-refractivity contribution in [1.29, 1.82) is 0 Å². The monoisotopic (exact) mass is 192 g/mol. The second kappa shape index (κ2) is 3.48. The van der Waals surface area contributed by atoms with Crippen LogP contribution in [0.15, 0.2) is 12.4 Å². The molecule has 0 aliphatic carbocycles. The molecule has 2 heterocycles. The Kier molecular flexibility index (Phi) is 2.31. The number of rotatable bonds is 2. The summed E-state index contributed by atoms with van der Waals surface area (Å²) in [6.45, 7) is 2.71. The number of hydrogen-bond donors (Lipinski definition) is 1. The molecule has 0 amide bonds. The zero-order valence-electron chi connectivity index (χ0n) is 7.99. The van der Waals surface area contributed by atoms with E-state index in [-0.39, 0.29) is 5.78 Å². The van der Waals surface area contributed by atoms with Crippen LogP contribution in [0.1, 0.15) is 28.4 Å². The number of ether oxygens (including phenoxy) is 1. The molecule has 1 aliphatic heterocycles. The first-order valence-corrected chi connectivity index (χ1v) is 4.53. The minimum atomic E-state index is -0.483. The summed E-state index contributed by atoms with van der Waals surface area (Å²) in [6, 6.07) is -0.483. The Morgan fingerprint density at radius 2 is 2.36 bits per heavy atom. The summed E-state index contributed by atoms with van der Waals surface area (Å²) >= 11 is 0. The molecule has 1 aliphatic rings. The molecule has 0 radical (unpaired) electrons. The quantitative estimate of drug-likeness (QED) is 0.698. The Hall–Kier alpha value is -1.26. The highest BCUT2D eigenvalue weighted by Gasteiger charge is 2.21. The van der Waals surface area contributed by atoms with E-state index in [1.165, 1.54) is 0 Å². The Morgan fingerprint density at radius 1 is 1.57 bits per heavy atom. The molecule has 0 bridgehead atoms. The Bertz CT molecular complexity index is 374. The van der Waals surface area contributed by atoms with Crippen LogP contribution < -0.4 is 5.73 Å². The van der Waals surface area contributed by atoms with Crippen LogP contribution in [0.2, 0.25) is 0 Å².